The van der Waals surface area contributed by atoms with Crippen molar-refractivity contribution >= 4 is 29.7 Å². The number of hydrogen-bond donors (Lipinski definition) is 2. The molecule has 0 aliphatic carbocycles. The van der Waals surface area contributed by atoms with Crippen LogP contribution in [-0.4, -0.2) is 79.6 Å². The van der Waals surface area contributed by atoms with Crippen LogP contribution in [0.2, 0.25) is 0 Å². The summed E-state index contributed by atoms with van der Waals surface area (Å²) in [6.07, 6.45) is 4.94. The summed E-state index contributed by atoms with van der Waals surface area (Å²) in [6, 6.07) is 3.31. The molecule has 1 aromatic heterocycles. The maximum Gasteiger partial charge on any atom is 0.410 e. The zero-order chi connectivity index (χ0) is 24.6. The second-order valence-electron chi connectivity index (χ2n) is 8.98. The molecule has 0 spiro atoms. The summed E-state index contributed by atoms with van der Waals surface area (Å²) in [7, 11) is 0. The standard InChI is InChI=1S/C24H29N3O6S/c1-4-8-33-24(32)26-12-17(10-16(26)9-15-6-5-7-25-11-15)34-21-13(2)19-18(14(3)28)22(29)27(19)20(21)23(30)31/h4-7,11,13-14,16-19,28H,1,8-10,12H2,2-3H3,(H,30,31)/t13-,14-,16+,17+,18-,19-/m1/s1. The van der Waals surface area contributed by atoms with Crippen LogP contribution in [0.5, 0.6) is 0 Å². The minimum atomic E-state index is -1.15. The Labute approximate surface area is 202 Å². The topological polar surface area (TPSA) is 120 Å². The number of β-lactam (4-membered cyclic amide) rings is 1. The molecular weight excluding hydrogens is 458 g/mol. The smallest absolute Gasteiger partial charge is 0.410 e. The Bertz CT molecular complexity index is 1010. The Morgan fingerprint density at radius 1 is 1.44 bits per heavy atom. The Morgan fingerprint density at radius 2 is 2.21 bits per heavy atom. The van der Waals surface area contributed by atoms with Crippen molar-refractivity contribution in [2.24, 2.45) is 11.8 Å². The Hall–Kier alpha value is -2.85. The van der Waals surface area contributed by atoms with Gasteiger partial charge in [-0.05, 0) is 31.4 Å². The highest BCUT2D eigenvalue weighted by Gasteiger charge is 2.60. The van der Waals surface area contributed by atoms with E-state index >= 15 is 0 Å². The van der Waals surface area contributed by atoms with Crippen molar-refractivity contribution < 1.29 is 29.3 Å². The van der Waals surface area contributed by atoms with Gasteiger partial charge >= 0.3 is 12.1 Å². The zero-order valence-corrected chi connectivity index (χ0v) is 20.0. The minimum absolute atomic E-state index is 0.000827. The molecule has 4 heterocycles. The number of aliphatic hydroxyl groups is 1. The van der Waals surface area contributed by atoms with Crippen LogP contribution in [0.3, 0.4) is 0 Å². The van der Waals surface area contributed by atoms with E-state index in [-0.39, 0.29) is 41.5 Å². The molecule has 4 rings (SSSR count). The van der Waals surface area contributed by atoms with E-state index in [4.69, 9.17) is 4.74 Å². The number of aliphatic hydroxyl groups excluding tert-OH is 1. The van der Waals surface area contributed by atoms with Gasteiger partial charge in [0.15, 0.2) is 0 Å². The van der Waals surface area contributed by atoms with E-state index in [9.17, 15) is 24.6 Å². The lowest BCUT2D eigenvalue weighted by molar-refractivity contribution is -0.163. The summed E-state index contributed by atoms with van der Waals surface area (Å²) in [5, 5.41) is 19.9. The molecule has 34 heavy (non-hydrogen) atoms. The second kappa shape index (κ2) is 9.79. The molecule has 0 saturated carbocycles. The van der Waals surface area contributed by atoms with Crippen LogP contribution in [0.4, 0.5) is 4.79 Å². The third kappa shape index (κ3) is 4.32. The molecule has 0 aromatic carbocycles. The van der Waals surface area contributed by atoms with Crippen LogP contribution >= 0.6 is 11.8 Å². The van der Waals surface area contributed by atoms with E-state index in [1.165, 1.54) is 22.7 Å². The lowest BCUT2D eigenvalue weighted by Crippen LogP contribution is -2.63. The fraction of sp³-hybridized carbons (Fsp3) is 0.500. The van der Waals surface area contributed by atoms with Crippen LogP contribution in [0.15, 0.2) is 47.8 Å². The number of carbonyl (C=O) groups is 3. The van der Waals surface area contributed by atoms with Gasteiger partial charge in [-0.25, -0.2) is 9.59 Å². The van der Waals surface area contributed by atoms with Gasteiger partial charge in [0.25, 0.3) is 0 Å². The number of carbonyl (C=O) groups excluding carboxylic acids is 2. The molecule has 9 nitrogen and oxygen atoms in total. The zero-order valence-electron chi connectivity index (χ0n) is 19.2. The molecule has 182 valence electrons. The maximum absolute atomic E-state index is 12.7. The van der Waals surface area contributed by atoms with Gasteiger partial charge in [0.05, 0.1) is 18.1 Å². The van der Waals surface area contributed by atoms with Gasteiger partial charge in [-0.2, -0.15) is 0 Å². The molecular formula is C24H29N3O6S. The van der Waals surface area contributed by atoms with E-state index in [2.05, 4.69) is 11.6 Å². The first-order valence-corrected chi connectivity index (χ1v) is 12.2. The summed E-state index contributed by atoms with van der Waals surface area (Å²) in [6.45, 7) is 7.55. The number of rotatable bonds is 8. The monoisotopic (exact) mass is 487 g/mol. The van der Waals surface area contributed by atoms with E-state index in [1.807, 2.05) is 19.1 Å². The molecule has 3 aliphatic rings. The van der Waals surface area contributed by atoms with Gasteiger partial charge < -0.3 is 24.7 Å². The first-order valence-electron chi connectivity index (χ1n) is 11.3. The predicted molar refractivity (Wildman–Crippen MR) is 126 cm³/mol. The molecule has 2 amide bonds. The van der Waals surface area contributed by atoms with E-state index in [1.54, 1.807) is 24.2 Å². The Balaban J connectivity index is 1.55. The molecule has 10 heteroatoms. The number of fused-ring (bicyclic) bond motifs is 1. The Kier molecular flexibility index (Phi) is 6.99. The molecule has 6 atom stereocenters. The lowest BCUT2D eigenvalue weighted by Gasteiger charge is -2.46. The number of likely N-dealkylation sites (tertiary alicyclic amines) is 1. The summed E-state index contributed by atoms with van der Waals surface area (Å²) in [5.41, 5.74) is 0.995. The molecule has 0 radical (unpaired) electrons. The largest absolute Gasteiger partial charge is 0.477 e. The van der Waals surface area contributed by atoms with Gasteiger partial charge in [0.2, 0.25) is 5.91 Å². The number of pyridine rings is 1. The van der Waals surface area contributed by atoms with E-state index < -0.39 is 24.1 Å². The quantitative estimate of drug-likeness (QED) is 0.423. The van der Waals surface area contributed by atoms with Crippen LogP contribution in [0.25, 0.3) is 0 Å². The molecule has 2 N–H and O–H groups in total. The molecule has 0 bridgehead atoms. The van der Waals surface area contributed by atoms with Crippen molar-refractivity contribution in [1.82, 2.24) is 14.8 Å². The van der Waals surface area contributed by atoms with Crippen LogP contribution in [-0.2, 0) is 20.7 Å². The highest BCUT2D eigenvalue weighted by molar-refractivity contribution is 8.03. The van der Waals surface area contributed by atoms with E-state index in [0.717, 1.165) is 5.56 Å². The minimum Gasteiger partial charge on any atom is -0.477 e. The number of ether oxygens (including phenoxy) is 1. The third-order valence-corrected chi connectivity index (χ3v) is 8.23. The third-order valence-electron chi connectivity index (χ3n) is 6.73. The highest BCUT2D eigenvalue weighted by atomic mass is 32.2. The average Bonchev–Trinajstić information content (AvgIpc) is 3.29. The lowest BCUT2D eigenvalue weighted by atomic mass is 9.79. The van der Waals surface area contributed by atoms with Crippen molar-refractivity contribution in [2.75, 3.05) is 13.2 Å². The van der Waals surface area contributed by atoms with Crippen molar-refractivity contribution in [3.63, 3.8) is 0 Å². The molecule has 0 unspecified atom stereocenters. The van der Waals surface area contributed by atoms with Gasteiger partial charge in [-0.3, -0.25) is 9.78 Å². The molecule has 2 saturated heterocycles. The predicted octanol–water partition coefficient (Wildman–Crippen LogP) is 2.28. The number of thioether (sulfide) groups is 1. The normalized spacial score (nSPS) is 29.0. The molecule has 1 aromatic rings. The fourth-order valence-corrected chi connectivity index (χ4v) is 6.80. The fourth-order valence-electron chi connectivity index (χ4n) is 5.24. The number of amides is 2. The van der Waals surface area contributed by atoms with Crippen LogP contribution in [0.1, 0.15) is 25.8 Å². The van der Waals surface area contributed by atoms with Crippen molar-refractivity contribution in [3.8, 4) is 0 Å². The average molecular weight is 488 g/mol. The van der Waals surface area contributed by atoms with Crippen LogP contribution in [0, 0.1) is 11.8 Å². The van der Waals surface area contributed by atoms with Gasteiger partial charge in [-0.1, -0.05) is 25.6 Å². The first kappa shape index (κ1) is 24.3. The highest BCUT2D eigenvalue weighted by Crippen LogP contribution is 2.52. The Morgan fingerprint density at radius 3 is 2.82 bits per heavy atom. The number of hydrogen-bond acceptors (Lipinski definition) is 7. The number of aromatic nitrogens is 1. The number of carboxylic acids is 1. The van der Waals surface area contributed by atoms with E-state index in [0.29, 0.717) is 24.3 Å². The van der Waals surface area contributed by atoms with Gasteiger partial charge in [0.1, 0.15) is 12.3 Å². The van der Waals surface area contributed by atoms with Gasteiger partial charge in [-0.15, -0.1) is 11.8 Å². The summed E-state index contributed by atoms with van der Waals surface area (Å²) in [5.74, 6) is -2.32. The maximum atomic E-state index is 12.7. The molecule has 3 aliphatic heterocycles. The summed E-state index contributed by atoms with van der Waals surface area (Å²) >= 11 is 1.42. The number of carboxylic acid groups (broad SMARTS) is 1. The number of aliphatic carboxylic acids is 1. The number of nitrogens with zero attached hydrogens (tertiary/aromatic N) is 3. The van der Waals surface area contributed by atoms with Crippen molar-refractivity contribution in [2.45, 2.75) is 50.1 Å². The van der Waals surface area contributed by atoms with Crippen LogP contribution < -0.4 is 0 Å². The van der Waals surface area contributed by atoms with Crippen molar-refractivity contribution in [3.05, 3.63) is 53.3 Å². The van der Waals surface area contributed by atoms with Crippen molar-refractivity contribution in [1.29, 1.82) is 0 Å². The SMILES string of the molecule is C=CCOC(=O)N1C[C@@H](SC2=C(C(=O)O)N3C(=O)[C@H]([C@@H](C)O)[C@H]3[C@H]2C)C[C@@H]1Cc1cccnc1. The van der Waals surface area contributed by atoms with Gasteiger partial charge in [0, 0.05) is 41.1 Å². The first-order chi connectivity index (χ1) is 16.2. The molecule has 2 fully saturated rings. The second-order valence-corrected chi connectivity index (χ2v) is 10.3. The summed E-state index contributed by atoms with van der Waals surface area (Å²) in [4.78, 5) is 45.2. The summed E-state index contributed by atoms with van der Waals surface area (Å²) < 4.78 is 5.30.